The fourth-order valence-electron chi connectivity index (χ4n) is 4.97. The van der Waals surface area contributed by atoms with Crippen molar-refractivity contribution in [2.24, 2.45) is 0 Å². The van der Waals surface area contributed by atoms with Crippen LogP contribution in [0.2, 0.25) is 0 Å². The van der Waals surface area contributed by atoms with Crippen LogP contribution in [-0.4, -0.2) is 78.4 Å². The highest BCUT2D eigenvalue weighted by atomic mass is 16.5. The van der Waals surface area contributed by atoms with E-state index >= 15 is 0 Å². The van der Waals surface area contributed by atoms with Gasteiger partial charge in [0.1, 0.15) is 5.75 Å². The summed E-state index contributed by atoms with van der Waals surface area (Å²) in [5, 5.41) is 8.88. The summed E-state index contributed by atoms with van der Waals surface area (Å²) in [5.41, 5.74) is 3.37. The quantitative estimate of drug-likeness (QED) is 0.523. The number of benzene rings is 1. The average molecular weight is 481 g/mol. The van der Waals surface area contributed by atoms with Gasteiger partial charge in [-0.1, -0.05) is 31.9 Å². The third kappa shape index (κ3) is 7.01. The number of morpholine rings is 1. The molecule has 7 heteroatoms. The molecule has 1 unspecified atom stereocenters. The highest BCUT2D eigenvalue weighted by Crippen LogP contribution is 2.29. The molecule has 4 rings (SSSR count). The Hall–Kier alpha value is -2.51. The lowest BCUT2D eigenvalue weighted by Gasteiger charge is -2.34. The van der Waals surface area contributed by atoms with Crippen molar-refractivity contribution in [1.29, 1.82) is 0 Å². The largest absolute Gasteiger partial charge is 0.490 e. The Labute approximate surface area is 209 Å². The first-order valence-corrected chi connectivity index (χ1v) is 13.2. The van der Waals surface area contributed by atoms with E-state index < -0.39 is 0 Å². The SMILES string of the molecule is CCCCc1nnc(C(=O)N2CCOC(CN(C)C)C2)cc1-c1ccc(OC2CCCCC2)cc1. The van der Waals surface area contributed by atoms with Crippen molar-refractivity contribution < 1.29 is 14.3 Å². The lowest BCUT2D eigenvalue weighted by Crippen LogP contribution is -2.49. The molecule has 1 aromatic heterocycles. The van der Waals surface area contributed by atoms with Crippen molar-refractivity contribution in [2.45, 2.75) is 70.5 Å². The van der Waals surface area contributed by atoms with Gasteiger partial charge in [0.25, 0.3) is 5.91 Å². The molecule has 1 amide bonds. The summed E-state index contributed by atoms with van der Waals surface area (Å²) in [5.74, 6) is 0.833. The zero-order valence-electron chi connectivity index (χ0n) is 21.5. The van der Waals surface area contributed by atoms with E-state index in [9.17, 15) is 4.79 Å². The van der Waals surface area contributed by atoms with Gasteiger partial charge in [0.2, 0.25) is 0 Å². The number of rotatable bonds is 9. The van der Waals surface area contributed by atoms with Crippen LogP contribution in [0.5, 0.6) is 5.75 Å². The van der Waals surface area contributed by atoms with E-state index in [1.165, 1.54) is 19.3 Å². The van der Waals surface area contributed by atoms with Gasteiger partial charge in [0.15, 0.2) is 5.69 Å². The average Bonchev–Trinajstić information content (AvgIpc) is 2.88. The second-order valence-electron chi connectivity index (χ2n) is 10.1. The Kier molecular flexibility index (Phi) is 9.10. The predicted octanol–water partition coefficient (Wildman–Crippen LogP) is 4.60. The number of aryl methyl sites for hydroxylation is 1. The number of carbonyl (C=O) groups is 1. The third-order valence-corrected chi connectivity index (χ3v) is 6.87. The number of unbranched alkanes of at least 4 members (excludes halogenated alkanes) is 1. The highest BCUT2D eigenvalue weighted by molar-refractivity contribution is 5.93. The number of carbonyl (C=O) groups excluding carboxylic acids is 1. The Morgan fingerprint density at radius 2 is 1.91 bits per heavy atom. The van der Waals surface area contributed by atoms with E-state index in [-0.39, 0.29) is 12.0 Å². The highest BCUT2D eigenvalue weighted by Gasteiger charge is 2.27. The molecule has 2 heterocycles. The Balaban J connectivity index is 1.53. The maximum atomic E-state index is 13.3. The maximum Gasteiger partial charge on any atom is 0.274 e. The van der Waals surface area contributed by atoms with E-state index in [1.807, 2.05) is 37.2 Å². The summed E-state index contributed by atoms with van der Waals surface area (Å²) in [6.45, 7) is 4.64. The van der Waals surface area contributed by atoms with Gasteiger partial charge in [0.05, 0.1) is 24.5 Å². The molecule has 1 saturated carbocycles. The summed E-state index contributed by atoms with van der Waals surface area (Å²) in [6.07, 6.45) is 9.39. The van der Waals surface area contributed by atoms with Crippen LogP contribution in [0.1, 0.15) is 68.1 Å². The minimum Gasteiger partial charge on any atom is -0.490 e. The minimum atomic E-state index is -0.0786. The zero-order valence-corrected chi connectivity index (χ0v) is 21.5. The summed E-state index contributed by atoms with van der Waals surface area (Å²) < 4.78 is 12.1. The van der Waals surface area contributed by atoms with Crippen LogP contribution in [0.15, 0.2) is 30.3 Å². The van der Waals surface area contributed by atoms with Crippen molar-refractivity contribution in [1.82, 2.24) is 20.0 Å². The number of amides is 1. The molecule has 1 saturated heterocycles. The van der Waals surface area contributed by atoms with E-state index in [2.05, 4.69) is 34.2 Å². The van der Waals surface area contributed by atoms with Gasteiger partial charge in [-0.3, -0.25) is 4.79 Å². The number of ether oxygens (including phenoxy) is 2. The molecule has 2 aliphatic rings. The number of nitrogens with zero attached hydrogens (tertiary/aromatic N) is 4. The van der Waals surface area contributed by atoms with Gasteiger partial charge < -0.3 is 19.3 Å². The molecular formula is C28H40N4O3. The smallest absolute Gasteiger partial charge is 0.274 e. The van der Waals surface area contributed by atoms with Gasteiger partial charge in [-0.2, -0.15) is 5.10 Å². The second-order valence-corrected chi connectivity index (χ2v) is 10.1. The van der Waals surface area contributed by atoms with E-state index in [0.717, 1.165) is 61.2 Å². The van der Waals surface area contributed by atoms with E-state index in [1.54, 1.807) is 0 Å². The van der Waals surface area contributed by atoms with Gasteiger partial charge in [-0.05, 0) is 76.4 Å². The Bertz CT molecular complexity index is 957. The van der Waals surface area contributed by atoms with Crippen LogP contribution in [0, 0.1) is 0 Å². The molecule has 2 fully saturated rings. The van der Waals surface area contributed by atoms with Gasteiger partial charge in [0, 0.05) is 25.2 Å². The van der Waals surface area contributed by atoms with Crippen LogP contribution in [0.3, 0.4) is 0 Å². The molecule has 7 nitrogen and oxygen atoms in total. The van der Waals surface area contributed by atoms with Crippen molar-refractivity contribution in [3.63, 3.8) is 0 Å². The summed E-state index contributed by atoms with van der Waals surface area (Å²) >= 11 is 0. The monoisotopic (exact) mass is 480 g/mol. The molecule has 1 atom stereocenters. The normalized spacial score (nSPS) is 19.2. The number of aromatic nitrogens is 2. The first-order chi connectivity index (χ1) is 17.0. The molecule has 190 valence electrons. The van der Waals surface area contributed by atoms with Gasteiger partial charge >= 0.3 is 0 Å². The maximum absolute atomic E-state index is 13.3. The molecule has 0 N–H and O–H groups in total. The molecule has 1 aliphatic heterocycles. The number of hydrogen-bond donors (Lipinski definition) is 0. The predicted molar refractivity (Wildman–Crippen MR) is 138 cm³/mol. The van der Waals surface area contributed by atoms with Crippen LogP contribution in [0.25, 0.3) is 11.1 Å². The lowest BCUT2D eigenvalue weighted by atomic mass is 9.97. The first kappa shape index (κ1) is 25.6. The van der Waals surface area contributed by atoms with Crippen LogP contribution in [0.4, 0.5) is 0 Å². The fraction of sp³-hybridized carbons (Fsp3) is 0.607. The second kappa shape index (κ2) is 12.5. The standard InChI is InChI=1S/C28H40N4O3/c1-4-5-11-26-25(21-12-14-23(15-13-21)35-22-9-7-6-8-10-22)18-27(30-29-26)28(33)32-16-17-34-24(20-32)19-31(2)3/h12-15,18,22,24H,4-11,16-17,19-20H2,1-3H3. The summed E-state index contributed by atoms with van der Waals surface area (Å²) in [7, 11) is 4.03. The van der Waals surface area contributed by atoms with Crippen LogP contribution in [-0.2, 0) is 11.2 Å². The van der Waals surface area contributed by atoms with Crippen LogP contribution < -0.4 is 4.74 Å². The number of hydrogen-bond acceptors (Lipinski definition) is 6. The molecule has 0 radical (unpaired) electrons. The Morgan fingerprint density at radius 1 is 1.14 bits per heavy atom. The topological polar surface area (TPSA) is 67.8 Å². The molecule has 0 spiro atoms. The molecule has 2 aromatic rings. The third-order valence-electron chi connectivity index (χ3n) is 6.87. The fourth-order valence-corrected chi connectivity index (χ4v) is 4.97. The molecular weight excluding hydrogens is 440 g/mol. The van der Waals surface area contributed by atoms with E-state index in [0.29, 0.717) is 31.5 Å². The lowest BCUT2D eigenvalue weighted by molar-refractivity contribution is -0.0308. The number of likely N-dealkylation sites (N-methyl/N-ethyl adjacent to an activating group) is 1. The van der Waals surface area contributed by atoms with Crippen molar-refractivity contribution in [3.05, 3.63) is 41.7 Å². The Morgan fingerprint density at radius 3 is 2.63 bits per heavy atom. The summed E-state index contributed by atoms with van der Waals surface area (Å²) in [6, 6.07) is 10.2. The first-order valence-electron chi connectivity index (χ1n) is 13.2. The van der Waals surface area contributed by atoms with Crippen molar-refractivity contribution in [2.75, 3.05) is 40.3 Å². The van der Waals surface area contributed by atoms with Crippen molar-refractivity contribution in [3.8, 4) is 16.9 Å². The van der Waals surface area contributed by atoms with Gasteiger partial charge in [-0.25, -0.2) is 0 Å². The zero-order chi connectivity index (χ0) is 24.6. The molecule has 0 bridgehead atoms. The summed E-state index contributed by atoms with van der Waals surface area (Å²) in [4.78, 5) is 17.3. The van der Waals surface area contributed by atoms with E-state index in [4.69, 9.17) is 9.47 Å². The van der Waals surface area contributed by atoms with Gasteiger partial charge in [-0.15, -0.1) is 5.10 Å². The van der Waals surface area contributed by atoms with Crippen molar-refractivity contribution >= 4 is 5.91 Å². The molecule has 1 aromatic carbocycles. The molecule has 35 heavy (non-hydrogen) atoms. The molecule has 1 aliphatic carbocycles. The van der Waals surface area contributed by atoms with Crippen LogP contribution >= 0.6 is 0 Å². The minimum absolute atomic E-state index is 0.00988.